The summed E-state index contributed by atoms with van der Waals surface area (Å²) in [4.78, 5) is 28.0. The number of ether oxygens (including phenoxy) is 2. The van der Waals surface area contributed by atoms with Crippen LogP contribution in [0, 0.1) is 5.82 Å². The second kappa shape index (κ2) is 10.6. The number of hydrogen-bond acceptors (Lipinski definition) is 5. The summed E-state index contributed by atoms with van der Waals surface area (Å²) in [5.74, 6) is -0.766. The smallest absolute Gasteiger partial charge is 0.300 e. The number of aliphatic hydroxyl groups excluding tert-OH is 1. The van der Waals surface area contributed by atoms with Gasteiger partial charge in [0.2, 0.25) is 0 Å². The van der Waals surface area contributed by atoms with E-state index in [1.54, 1.807) is 48.5 Å². The summed E-state index contributed by atoms with van der Waals surface area (Å²) in [6, 6.07) is 27.1. The van der Waals surface area contributed by atoms with Gasteiger partial charge >= 0.3 is 0 Å². The Morgan fingerprint density at radius 2 is 1.53 bits per heavy atom. The number of hydrogen-bond donors (Lipinski definition) is 1. The molecule has 1 fully saturated rings. The molecule has 1 N–H and O–H groups in total. The van der Waals surface area contributed by atoms with Crippen molar-refractivity contribution in [1.29, 1.82) is 0 Å². The van der Waals surface area contributed by atoms with Gasteiger partial charge in [0, 0.05) is 11.3 Å². The van der Waals surface area contributed by atoms with E-state index in [2.05, 4.69) is 0 Å². The van der Waals surface area contributed by atoms with Crippen LogP contribution in [0.2, 0.25) is 0 Å². The zero-order valence-electron chi connectivity index (χ0n) is 20.5. The molecule has 1 amide bonds. The highest BCUT2D eigenvalue weighted by Crippen LogP contribution is 2.43. The molecular weight excluding hydrogens is 485 g/mol. The largest absolute Gasteiger partial charge is 0.507 e. The molecule has 4 aromatic rings. The van der Waals surface area contributed by atoms with Crippen molar-refractivity contribution >= 4 is 23.1 Å². The van der Waals surface area contributed by atoms with Gasteiger partial charge in [0.15, 0.2) is 0 Å². The standard InChI is InChI=1S/C31H24FNO5/c1-2-37-24-17-11-20(12-18-24)29(34)27-28(33(31(36)30(27)35)23-15-13-22(32)14-16-23)21-7-6-10-26(19-21)38-25-8-4-3-5-9-25/h3-19,28,34H,2H2,1H3/b29-27-. The lowest BCUT2D eigenvalue weighted by atomic mass is 9.95. The van der Waals surface area contributed by atoms with E-state index in [4.69, 9.17) is 9.47 Å². The molecule has 0 spiro atoms. The molecule has 1 heterocycles. The van der Waals surface area contributed by atoms with Crippen molar-refractivity contribution in [2.45, 2.75) is 13.0 Å². The number of amides is 1. The van der Waals surface area contributed by atoms with E-state index in [0.29, 0.717) is 40.7 Å². The number of Topliss-reactive ketones (excluding diaryl/α,β-unsaturated/α-hetero) is 1. The monoisotopic (exact) mass is 509 g/mol. The van der Waals surface area contributed by atoms with Crippen molar-refractivity contribution in [3.63, 3.8) is 0 Å². The molecule has 0 aromatic heterocycles. The number of carbonyl (C=O) groups is 2. The van der Waals surface area contributed by atoms with Gasteiger partial charge in [-0.3, -0.25) is 14.5 Å². The molecule has 6 nitrogen and oxygen atoms in total. The number of carbonyl (C=O) groups excluding carboxylic acids is 2. The van der Waals surface area contributed by atoms with Crippen molar-refractivity contribution in [2.24, 2.45) is 0 Å². The molecule has 7 heteroatoms. The maximum Gasteiger partial charge on any atom is 0.300 e. The van der Waals surface area contributed by atoms with Crippen LogP contribution in [0.5, 0.6) is 17.2 Å². The topological polar surface area (TPSA) is 76.1 Å². The number of halogens is 1. The lowest BCUT2D eigenvalue weighted by Crippen LogP contribution is -2.29. The van der Waals surface area contributed by atoms with Crippen LogP contribution in [0.15, 0.2) is 109 Å². The first-order valence-electron chi connectivity index (χ1n) is 12.1. The summed E-state index contributed by atoms with van der Waals surface area (Å²) in [5, 5.41) is 11.3. The van der Waals surface area contributed by atoms with Gasteiger partial charge < -0.3 is 14.6 Å². The number of anilines is 1. The van der Waals surface area contributed by atoms with Crippen LogP contribution in [0.25, 0.3) is 5.76 Å². The van der Waals surface area contributed by atoms with E-state index in [1.165, 1.54) is 29.2 Å². The summed E-state index contributed by atoms with van der Waals surface area (Å²) >= 11 is 0. The van der Waals surface area contributed by atoms with Gasteiger partial charge in [-0.25, -0.2) is 4.39 Å². The third-order valence-corrected chi connectivity index (χ3v) is 6.14. The molecule has 0 bridgehead atoms. The minimum atomic E-state index is -0.980. The van der Waals surface area contributed by atoms with E-state index in [-0.39, 0.29) is 11.3 Å². The Labute approximate surface area is 219 Å². The van der Waals surface area contributed by atoms with Gasteiger partial charge in [-0.2, -0.15) is 0 Å². The van der Waals surface area contributed by atoms with Crippen LogP contribution < -0.4 is 14.4 Å². The summed E-state index contributed by atoms with van der Waals surface area (Å²) < 4.78 is 25.1. The average molecular weight is 510 g/mol. The number of nitrogens with zero attached hydrogens (tertiary/aromatic N) is 1. The molecule has 1 saturated heterocycles. The van der Waals surface area contributed by atoms with Crippen LogP contribution >= 0.6 is 0 Å². The van der Waals surface area contributed by atoms with E-state index >= 15 is 0 Å². The molecule has 1 atom stereocenters. The van der Waals surface area contributed by atoms with Crippen molar-refractivity contribution < 1.29 is 28.6 Å². The zero-order valence-corrected chi connectivity index (χ0v) is 20.5. The molecule has 0 aliphatic carbocycles. The second-order valence-electron chi connectivity index (χ2n) is 8.59. The maximum absolute atomic E-state index is 13.7. The Morgan fingerprint density at radius 1 is 0.842 bits per heavy atom. The van der Waals surface area contributed by atoms with Crippen molar-refractivity contribution in [3.8, 4) is 17.2 Å². The number of rotatable bonds is 7. The van der Waals surface area contributed by atoms with Gasteiger partial charge in [0.05, 0.1) is 18.2 Å². The van der Waals surface area contributed by atoms with Crippen molar-refractivity contribution in [2.75, 3.05) is 11.5 Å². The van der Waals surface area contributed by atoms with Crippen LogP contribution in [0.1, 0.15) is 24.1 Å². The van der Waals surface area contributed by atoms with Gasteiger partial charge in [-0.15, -0.1) is 0 Å². The third-order valence-electron chi connectivity index (χ3n) is 6.14. The Morgan fingerprint density at radius 3 is 2.21 bits per heavy atom. The first-order chi connectivity index (χ1) is 18.5. The predicted octanol–water partition coefficient (Wildman–Crippen LogP) is 6.64. The third kappa shape index (κ3) is 4.86. The molecular formula is C31H24FNO5. The number of aliphatic hydroxyl groups is 1. The van der Waals surface area contributed by atoms with Crippen LogP contribution in [0.3, 0.4) is 0 Å². The fourth-order valence-electron chi connectivity index (χ4n) is 4.42. The van der Waals surface area contributed by atoms with E-state index in [1.807, 2.05) is 37.3 Å². The molecule has 1 unspecified atom stereocenters. The van der Waals surface area contributed by atoms with E-state index in [0.717, 1.165) is 0 Å². The highest BCUT2D eigenvalue weighted by Gasteiger charge is 2.47. The van der Waals surface area contributed by atoms with Crippen molar-refractivity contribution in [3.05, 3.63) is 126 Å². The Hall–Kier alpha value is -4.91. The van der Waals surface area contributed by atoms with Crippen LogP contribution in [0.4, 0.5) is 10.1 Å². The zero-order chi connectivity index (χ0) is 26.6. The summed E-state index contributed by atoms with van der Waals surface area (Å²) in [6.45, 7) is 2.34. The minimum absolute atomic E-state index is 0.0830. The molecule has 1 aliphatic rings. The Bertz CT molecular complexity index is 1500. The van der Waals surface area contributed by atoms with Gasteiger partial charge in [0.1, 0.15) is 28.8 Å². The number of benzene rings is 4. The molecule has 1 aliphatic heterocycles. The summed E-state index contributed by atoms with van der Waals surface area (Å²) in [5.41, 5.74) is 1.13. The SMILES string of the molecule is CCOc1ccc(/C(O)=C2/C(=O)C(=O)N(c3ccc(F)cc3)C2c2cccc(Oc3ccccc3)c2)cc1. The number of ketones is 1. The van der Waals surface area contributed by atoms with E-state index < -0.39 is 23.5 Å². The van der Waals surface area contributed by atoms with E-state index in [9.17, 15) is 19.1 Å². The maximum atomic E-state index is 13.7. The lowest BCUT2D eigenvalue weighted by Gasteiger charge is -2.25. The quantitative estimate of drug-likeness (QED) is 0.172. The van der Waals surface area contributed by atoms with Crippen molar-refractivity contribution in [1.82, 2.24) is 0 Å². The molecule has 0 radical (unpaired) electrons. The van der Waals surface area contributed by atoms with Gasteiger partial charge in [0.25, 0.3) is 11.7 Å². The minimum Gasteiger partial charge on any atom is -0.507 e. The summed E-state index contributed by atoms with van der Waals surface area (Å²) in [6.07, 6.45) is 0. The highest BCUT2D eigenvalue weighted by atomic mass is 19.1. The molecule has 0 saturated carbocycles. The second-order valence-corrected chi connectivity index (χ2v) is 8.59. The fraction of sp³-hybridized carbons (Fsp3) is 0.0968. The average Bonchev–Trinajstić information content (AvgIpc) is 3.20. The Balaban J connectivity index is 1.63. The summed E-state index contributed by atoms with van der Waals surface area (Å²) in [7, 11) is 0. The first kappa shape index (κ1) is 24.8. The molecule has 4 aromatic carbocycles. The van der Waals surface area contributed by atoms with Gasteiger partial charge in [-0.1, -0.05) is 30.3 Å². The number of para-hydroxylation sites is 1. The first-order valence-corrected chi connectivity index (χ1v) is 12.1. The van der Waals surface area contributed by atoms with Crippen LogP contribution in [-0.2, 0) is 9.59 Å². The molecule has 190 valence electrons. The predicted molar refractivity (Wildman–Crippen MR) is 142 cm³/mol. The molecule has 5 rings (SSSR count). The Kier molecular flexibility index (Phi) is 6.91. The highest BCUT2D eigenvalue weighted by molar-refractivity contribution is 6.51. The van der Waals surface area contributed by atoms with Crippen LogP contribution in [-0.4, -0.2) is 23.4 Å². The fourth-order valence-corrected chi connectivity index (χ4v) is 4.42. The normalized spacial score (nSPS) is 16.5. The molecule has 38 heavy (non-hydrogen) atoms. The van der Waals surface area contributed by atoms with Gasteiger partial charge in [-0.05, 0) is 85.3 Å². The lowest BCUT2D eigenvalue weighted by molar-refractivity contribution is -0.132.